The smallest absolute Gasteiger partial charge is 0.251 e. The molecule has 5 heteroatoms. The van der Waals surface area contributed by atoms with E-state index in [2.05, 4.69) is 10.4 Å². The van der Waals surface area contributed by atoms with Gasteiger partial charge in [0.1, 0.15) is 0 Å². The second kappa shape index (κ2) is 6.75. The lowest BCUT2D eigenvalue weighted by molar-refractivity contribution is 0.0914. The van der Waals surface area contributed by atoms with Gasteiger partial charge in [0.15, 0.2) is 0 Å². The van der Waals surface area contributed by atoms with Gasteiger partial charge in [0.2, 0.25) is 0 Å². The number of aliphatic hydroxyl groups is 1. The Labute approximate surface area is 130 Å². The van der Waals surface area contributed by atoms with E-state index < -0.39 is 0 Å². The molecule has 116 valence electrons. The van der Waals surface area contributed by atoms with Crippen molar-refractivity contribution in [2.45, 2.75) is 31.7 Å². The molecule has 1 aromatic carbocycles. The first-order valence-electron chi connectivity index (χ1n) is 7.78. The van der Waals surface area contributed by atoms with E-state index in [-0.39, 0.29) is 18.6 Å². The predicted molar refractivity (Wildman–Crippen MR) is 83.9 cm³/mol. The lowest BCUT2D eigenvalue weighted by atomic mass is 9.86. The average Bonchev–Trinajstić information content (AvgIpc) is 3.10. The standard InChI is InChI=1S/C17H21N3O2/c21-12-13-2-6-15(7-3-13)19-17(22)14-4-8-16(9-5-14)20-11-1-10-18-20/h1,4-5,8-11,13,15,21H,2-3,6-7,12H2,(H,19,22). The Morgan fingerprint density at radius 3 is 2.55 bits per heavy atom. The molecule has 1 aliphatic rings. The van der Waals surface area contributed by atoms with Crippen molar-refractivity contribution in [3.8, 4) is 5.69 Å². The van der Waals surface area contributed by atoms with Crippen LogP contribution in [0.3, 0.4) is 0 Å². The molecule has 0 radical (unpaired) electrons. The Balaban J connectivity index is 1.58. The summed E-state index contributed by atoms with van der Waals surface area (Å²) in [4.78, 5) is 12.3. The maximum atomic E-state index is 12.3. The zero-order valence-corrected chi connectivity index (χ0v) is 12.5. The van der Waals surface area contributed by atoms with Gasteiger partial charge in [-0.3, -0.25) is 4.79 Å². The normalized spacial score (nSPS) is 21.5. The monoisotopic (exact) mass is 299 g/mol. The van der Waals surface area contributed by atoms with Crippen molar-refractivity contribution in [3.63, 3.8) is 0 Å². The van der Waals surface area contributed by atoms with Crippen molar-refractivity contribution in [2.24, 2.45) is 5.92 Å². The molecule has 2 aromatic rings. The number of carbonyl (C=O) groups is 1. The number of carbonyl (C=O) groups excluding carboxylic acids is 1. The number of hydrogen-bond donors (Lipinski definition) is 2. The third-order valence-electron chi connectivity index (χ3n) is 4.34. The number of aromatic nitrogens is 2. The number of nitrogens with zero attached hydrogens (tertiary/aromatic N) is 2. The van der Waals surface area contributed by atoms with Crippen LogP contribution in [0, 0.1) is 5.92 Å². The second-order valence-corrected chi connectivity index (χ2v) is 5.87. The number of nitrogens with one attached hydrogen (secondary N) is 1. The van der Waals surface area contributed by atoms with E-state index in [0.717, 1.165) is 31.4 Å². The minimum absolute atomic E-state index is 0.0283. The summed E-state index contributed by atoms with van der Waals surface area (Å²) in [6, 6.07) is 9.52. The molecule has 3 rings (SSSR count). The van der Waals surface area contributed by atoms with Gasteiger partial charge in [-0.25, -0.2) is 4.68 Å². The van der Waals surface area contributed by atoms with Crippen LogP contribution in [0.25, 0.3) is 5.69 Å². The molecule has 1 aromatic heterocycles. The highest BCUT2D eigenvalue weighted by Crippen LogP contribution is 2.24. The number of benzene rings is 1. The third kappa shape index (κ3) is 3.36. The molecule has 0 atom stereocenters. The van der Waals surface area contributed by atoms with Gasteiger partial charge in [-0.05, 0) is 61.9 Å². The van der Waals surface area contributed by atoms with Gasteiger partial charge in [0.05, 0.1) is 5.69 Å². The van der Waals surface area contributed by atoms with Gasteiger partial charge in [-0.2, -0.15) is 5.10 Å². The van der Waals surface area contributed by atoms with Gasteiger partial charge in [-0.15, -0.1) is 0 Å². The molecule has 1 saturated carbocycles. The molecule has 1 heterocycles. The van der Waals surface area contributed by atoms with Crippen molar-refractivity contribution in [1.29, 1.82) is 0 Å². The SMILES string of the molecule is O=C(NC1CCC(CO)CC1)c1ccc(-n2cccn2)cc1. The van der Waals surface area contributed by atoms with Crippen LogP contribution in [0.4, 0.5) is 0 Å². The van der Waals surface area contributed by atoms with Gasteiger partial charge in [0.25, 0.3) is 5.91 Å². The third-order valence-corrected chi connectivity index (χ3v) is 4.34. The summed E-state index contributed by atoms with van der Waals surface area (Å²) < 4.78 is 1.76. The molecule has 1 aliphatic carbocycles. The highest BCUT2D eigenvalue weighted by atomic mass is 16.3. The van der Waals surface area contributed by atoms with E-state index in [4.69, 9.17) is 5.11 Å². The maximum Gasteiger partial charge on any atom is 0.251 e. The summed E-state index contributed by atoms with van der Waals surface area (Å²) in [6.45, 7) is 0.259. The fraction of sp³-hybridized carbons (Fsp3) is 0.412. The van der Waals surface area contributed by atoms with Crippen molar-refractivity contribution in [1.82, 2.24) is 15.1 Å². The summed E-state index contributed by atoms with van der Waals surface area (Å²) in [5, 5.41) is 16.4. The van der Waals surface area contributed by atoms with Gasteiger partial charge in [-0.1, -0.05) is 0 Å². The Hall–Kier alpha value is -2.14. The Kier molecular flexibility index (Phi) is 4.53. The number of hydrogen-bond acceptors (Lipinski definition) is 3. The lowest BCUT2D eigenvalue weighted by Crippen LogP contribution is -2.38. The number of amides is 1. The van der Waals surface area contributed by atoms with Crippen LogP contribution in [0.1, 0.15) is 36.0 Å². The van der Waals surface area contributed by atoms with E-state index in [1.54, 1.807) is 10.9 Å². The first kappa shape index (κ1) is 14.8. The van der Waals surface area contributed by atoms with Gasteiger partial charge in [0, 0.05) is 30.6 Å². The summed E-state index contributed by atoms with van der Waals surface area (Å²) in [7, 11) is 0. The molecule has 0 unspecified atom stereocenters. The molecule has 22 heavy (non-hydrogen) atoms. The predicted octanol–water partition coefficient (Wildman–Crippen LogP) is 2.15. The van der Waals surface area contributed by atoms with Crippen LogP contribution in [0.15, 0.2) is 42.7 Å². The maximum absolute atomic E-state index is 12.3. The van der Waals surface area contributed by atoms with Crippen LogP contribution in [-0.4, -0.2) is 33.4 Å². The summed E-state index contributed by atoms with van der Waals surface area (Å²) >= 11 is 0. The van der Waals surface area contributed by atoms with E-state index in [9.17, 15) is 4.79 Å². The fourth-order valence-electron chi connectivity index (χ4n) is 2.95. The quantitative estimate of drug-likeness (QED) is 0.909. The number of aliphatic hydroxyl groups excluding tert-OH is 1. The molecule has 5 nitrogen and oxygen atoms in total. The minimum Gasteiger partial charge on any atom is -0.396 e. The summed E-state index contributed by atoms with van der Waals surface area (Å²) in [5.74, 6) is 0.376. The molecule has 1 amide bonds. The zero-order chi connectivity index (χ0) is 15.4. The largest absolute Gasteiger partial charge is 0.396 e. The molecule has 0 spiro atoms. The van der Waals surface area contributed by atoms with E-state index in [0.29, 0.717) is 11.5 Å². The van der Waals surface area contributed by atoms with Crippen LogP contribution in [0.5, 0.6) is 0 Å². The highest BCUT2D eigenvalue weighted by molar-refractivity contribution is 5.94. The lowest BCUT2D eigenvalue weighted by Gasteiger charge is -2.27. The first-order valence-corrected chi connectivity index (χ1v) is 7.78. The molecule has 0 saturated heterocycles. The topological polar surface area (TPSA) is 67.2 Å². The van der Waals surface area contributed by atoms with E-state index in [1.807, 2.05) is 36.5 Å². The molecule has 0 aliphatic heterocycles. The van der Waals surface area contributed by atoms with Crippen LogP contribution in [-0.2, 0) is 0 Å². The van der Waals surface area contributed by atoms with Crippen molar-refractivity contribution >= 4 is 5.91 Å². The highest BCUT2D eigenvalue weighted by Gasteiger charge is 2.22. The molecular formula is C17H21N3O2. The molecule has 1 fully saturated rings. The van der Waals surface area contributed by atoms with Crippen LogP contribution >= 0.6 is 0 Å². The molecular weight excluding hydrogens is 278 g/mol. The van der Waals surface area contributed by atoms with E-state index >= 15 is 0 Å². The fourth-order valence-corrected chi connectivity index (χ4v) is 2.95. The van der Waals surface area contributed by atoms with E-state index in [1.165, 1.54) is 0 Å². The van der Waals surface area contributed by atoms with Crippen molar-refractivity contribution < 1.29 is 9.90 Å². The van der Waals surface area contributed by atoms with Crippen molar-refractivity contribution in [3.05, 3.63) is 48.3 Å². The molecule has 2 N–H and O–H groups in total. The average molecular weight is 299 g/mol. The van der Waals surface area contributed by atoms with Gasteiger partial charge < -0.3 is 10.4 Å². The van der Waals surface area contributed by atoms with Crippen molar-refractivity contribution in [2.75, 3.05) is 6.61 Å². The Morgan fingerprint density at radius 2 is 1.95 bits per heavy atom. The number of rotatable bonds is 4. The Bertz CT molecular complexity index is 599. The van der Waals surface area contributed by atoms with Crippen LogP contribution < -0.4 is 5.32 Å². The molecule has 0 bridgehead atoms. The van der Waals surface area contributed by atoms with Crippen LogP contribution in [0.2, 0.25) is 0 Å². The second-order valence-electron chi connectivity index (χ2n) is 5.87. The van der Waals surface area contributed by atoms with Gasteiger partial charge >= 0.3 is 0 Å². The summed E-state index contributed by atoms with van der Waals surface area (Å²) in [6.07, 6.45) is 7.46. The zero-order valence-electron chi connectivity index (χ0n) is 12.5. The first-order chi connectivity index (χ1) is 10.8. The Morgan fingerprint density at radius 1 is 1.23 bits per heavy atom. The minimum atomic E-state index is -0.0283. The summed E-state index contributed by atoms with van der Waals surface area (Å²) in [5.41, 5.74) is 1.60.